The third kappa shape index (κ3) is 2.91. The lowest BCUT2D eigenvalue weighted by Gasteiger charge is -2.05. The Morgan fingerprint density at radius 1 is 1.06 bits per heavy atom. The lowest BCUT2D eigenvalue weighted by Crippen LogP contribution is -2.14. The van der Waals surface area contributed by atoms with Crippen molar-refractivity contribution >= 4 is 5.91 Å². The molecule has 2 aromatic rings. The van der Waals surface area contributed by atoms with Gasteiger partial charge in [-0.25, -0.2) is 0 Å². The Kier molecular flexibility index (Phi) is 3.50. The van der Waals surface area contributed by atoms with Crippen LogP contribution in [0, 0.1) is 0 Å². The molecule has 0 aliphatic carbocycles. The van der Waals surface area contributed by atoms with Gasteiger partial charge >= 0.3 is 0 Å². The summed E-state index contributed by atoms with van der Waals surface area (Å²) >= 11 is 0. The number of carbonyl (C=O) groups excluding carboxylic acids is 1. The Bertz CT molecular complexity index is 509. The van der Waals surface area contributed by atoms with Crippen molar-refractivity contribution in [3.8, 4) is 0 Å². The summed E-state index contributed by atoms with van der Waals surface area (Å²) < 4.78 is 0. The highest BCUT2D eigenvalue weighted by atomic mass is 16.1. The molecule has 1 aromatic heterocycles. The number of primary amides is 1. The van der Waals surface area contributed by atoms with E-state index in [1.165, 1.54) is 0 Å². The van der Waals surface area contributed by atoms with Crippen LogP contribution in [0.3, 0.4) is 0 Å². The van der Waals surface area contributed by atoms with Gasteiger partial charge in [0.25, 0.3) is 0 Å². The lowest BCUT2D eigenvalue weighted by molar-refractivity contribution is 0.0999. The lowest BCUT2D eigenvalue weighted by atomic mass is 10.0. The number of pyridine rings is 1. The van der Waals surface area contributed by atoms with E-state index < -0.39 is 0 Å². The summed E-state index contributed by atoms with van der Waals surface area (Å²) in [4.78, 5) is 15.5. The van der Waals surface area contributed by atoms with Gasteiger partial charge in [0.15, 0.2) is 0 Å². The van der Waals surface area contributed by atoms with Crippen molar-refractivity contribution in [2.75, 3.05) is 0 Å². The molecule has 2 N–H and O–H groups in total. The first-order valence-corrected chi connectivity index (χ1v) is 5.55. The molecule has 3 nitrogen and oxygen atoms in total. The molecule has 2 rings (SSSR count). The van der Waals surface area contributed by atoms with Crippen molar-refractivity contribution in [3.63, 3.8) is 0 Å². The van der Waals surface area contributed by atoms with E-state index in [0.717, 1.165) is 24.1 Å². The summed E-state index contributed by atoms with van der Waals surface area (Å²) in [7, 11) is 0. The van der Waals surface area contributed by atoms with Gasteiger partial charge in [0.2, 0.25) is 5.91 Å². The first-order valence-electron chi connectivity index (χ1n) is 5.55. The average Bonchev–Trinajstić information content (AvgIpc) is 2.38. The van der Waals surface area contributed by atoms with E-state index in [-0.39, 0.29) is 5.91 Å². The van der Waals surface area contributed by atoms with Gasteiger partial charge in [-0.3, -0.25) is 9.78 Å². The molecule has 0 fully saturated rings. The maximum absolute atomic E-state index is 11.2. The summed E-state index contributed by atoms with van der Waals surface area (Å²) in [6, 6.07) is 13.3. The fourth-order valence-electron chi connectivity index (χ4n) is 1.79. The number of benzene rings is 1. The first kappa shape index (κ1) is 11.3. The molecule has 0 bridgehead atoms. The van der Waals surface area contributed by atoms with Crippen molar-refractivity contribution < 1.29 is 4.79 Å². The fourth-order valence-corrected chi connectivity index (χ4v) is 1.79. The standard InChI is InChI=1S/C14H14N2O/c15-14(17)13-7-2-1-5-11(13)8-9-12-6-3-4-10-16-12/h1-7,10H,8-9H2,(H2,15,17). The van der Waals surface area contributed by atoms with Crippen LogP contribution in [0.1, 0.15) is 21.6 Å². The number of nitrogens with zero attached hydrogens (tertiary/aromatic N) is 1. The third-order valence-corrected chi connectivity index (χ3v) is 2.66. The second kappa shape index (κ2) is 5.25. The number of hydrogen-bond acceptors (Lipinski definition) is 2. The van der Waals surface area contributed by atoms with Crippen LogP contribution >= 0.6 is 0 Å². The highest BCUT2D eigenvalue weighted by molar-refractivity contribution is 5.94. The molecule has 0 aliphatic heterocycles. The number of aryl methyl sites for hydroxylation is 2. The maximum atomic E-state index is 11.2. The van der Waals surface area contributed by atoms with E-state index in [4.69, 9.17) is 5.73 Å². The van der Waals surface area contributed by atoms with Crippen LogP contribution in [0.15, 0.2) is 48.7 Å². The zero-order valence-corrected chi connectivity index (χ0v) is 9.47. The Balaban J connectivity index is 2.12. The smallest absolute Gasteiger partial charge is 0.248 e. The quantitative estimate of drug-likeness (QED) is 0.866. The number of amides is 1. The van der Waals surface area contributed by atoms with Gasteiger partial charge in [0.1, 0.15) is 0 Å². The Morgan fingerprint density at radius 2 is 1.82 bits per heavy atom. The van der Waals surface area contributed by atoms with Gasteiger partial charge in [0.05, 0.1) is 0 Å². The number of aromatic nitrogens is 1. The van der Waals surface area contributed by atoms with E-state index in [0.29, 0.717) is 5.56 Å². The summed E-state index contributed by atoms with van der Waals surface area (Å²) in [5.41, 5.74) is 7.93. The number of nitrogens with two attached hydrogens (primary N) is 1. The molecule has 1 amide bonds. The molecule has 0 atom stereocenters. The molecule has 17 heavy (non-hydrogen) atoms. The van der Waals surface area contributed by atoms with Gasteiger partial charge in [-0.1, -0.05) is 24.3 Å². The van der Waals surface area contributed by atoms with Gasteiger partial charge in [-0.15, -0.1) is 0 Å². The Labute approximate surface area is 100 Å². The van der Waals surface area contributed by atoms with Crippen LogP contribution in [-0.4, -0.2) is 10.9 Å². The summed E-state index contributed by atoms with van der Waals surface area (Å²) in [5, 5.41) is 0. The molecular weight excluding hydrogens is 212 g/mol. The van der Waals surface area contributed by atoms with Crippen LogP contribution in [0.25, 0.3) is 0 Å². The normalized spacial score (nSPS) is 10.1. The zero-order valence-electron chi connectivity index (χ0n) is 9.47. The summed E-state index contributed by atoms with van der Waals surface area (Å²) in [6.07, 6.45) is 3.36. The number of hydrogen-bond donors (Lipinski definition) is 1. The van der Waals surface area contributed by atoms with Gasteiger partial charge in [-0.2, -0.15) is 0 Å². The second-order valence-corrected chi connectivity index (χ2v) is 3.84. The maximum Gasteiger partial charge on any atom is 0.248 e. The zero-order chi connectivity index (χ0) is 12.1. The molecule has 3 heteroatoms. The van der Waals surface area contributed by atoms with Crippen molar-refractivity contribution in [3.05, 3.63) is 65.5 Å². The van der Waals surface area contributed by atoms with E-state index in [1.807, 2.05) is 36.4 Å². The van der Waals surface area contributed by atoms with Crippen molar-refractivity contribution in [1.82, 2.24) is 4.98 Å². The molecule has 0 radical (unpaired) electrons. The molecule has 0 spiro atoms. The van der Waals surface area contributed by atoms with E-state index in [1.54, 1.807) is 12.3 Å². The molecule has 0 saturated heterocycles. The largest absolute Gasteiger partial charge is 0.366 e. The molecule has 0 aliphatic rings. The molecule has 1 heterocycles. The minimum absolute atomic E-state index is 0.373. The van der Waals surface area contributed by atoms with Crippen molar-refractivity contribution in [2.45, 2.75) is 12.8 Å². The highest BCUT2D eigenvalue weighted by Crippen LogP contribution is 2.11. The summed E-state index contributed by atoms with van der Waals surface area (Å²) in [6.45, 7) is 0. The first-order chi connectivity index (χ1) is 8.27. The van der Waals surface area contributed by atoms with Crippen LogP contribution in [0.4, 0.5) is 0 Å². The van der Waals surface area contributed by atoms with Crippen LogP contribution < -0.4 is 5.73 Å². The van der Waals surface area contributed by atoms with Gasteiger partial charge in [0, 0.05) is 17.5 Å². The summed E-state index contributed by atoms with van der Waals surface area (Å²) in [5.74, 6) is -0.373. The highest BCUT2D eigenvalue weighted by Gasteiger charge is 2.06. The predicted octanol–water partition coefficient (Wildman–Crippen LogP) is 1.97. The van der Waals surface area contributed by atoms with E-state index in [2.05, 4.69) is 4.98 Å². The molecule has 0 saturated carbocycles. The topological polar surface area (TPSA) is 56.0 Å². The third-order valence-electron chi connectivity index (χ3n) is 2.66. The van der Waals surface area contributed by atoms with Crippen molar-refractivity contribution in [1.29, 1.82) is 0 Å². The van der Waals surface area contributed by atoms with Crippen molar-refractivity contribution in [2.24, 2.45) is 5.73 Å². The predicted molar refractivity (Wildman–Crippen MR) is 66.6 cm³/mol. The SMILES string of the molecule is NC(=O)c1ccccc1CCc1ccccn1. The number of carbonyl (C=O) groups is 1. The van der Waals surface area contributed by atoms with Gasteiger partial charge in [-0.05, 0) is 36.6 Å². The van der Waals surface area contributed by atoms with Crippen LogP contribution in [0.2, 0.25) is 0 Å². The van der Waals surface area contributed by atoms with E-state index in [9.17, 15) is 4.79 Å². The van der Waals surface area contributed by atoms with Gasteiger partial charge < -0.3 is 5.73 Å². The van der Waals surface area contributed by atoms with Crippen LogP contribution in [-0.2, 0) is 12.8 Å². The van der Waals surface area contributed by atoms with E-state index >= 15 is 0 Å². The molecule has 1 aromatic carbocycles. The minimum atomic E-state index is -0.373. The monoisotopic (exact) mass is 226 g/mol. The fraction of sp³-hybridized carbons (Fsp3) is 0.143. The Hall–Kier alpha value is -2.16. The average molecular weight is 226 g/mol. The minimum Gasteiger partial charge on any atom is -0.366 e. The number of rotatable bonds is 4. The van der Waals surface area contributed by atoms with Crippen LogP contribution in [0.5, 0.6) is 0 Å². The molecule has 86 valence electrons. The Morgan fingerprint density at radius 3 is 2.53 bits per heavy atom. The molecular formula is C14H14N2O. The molecule has 0 unspecified atom stereocenters. The second-order valence-electron chi connectivity index (χ2n) is 3.84.